The number of halogens is 2. The monoisotopic (exact) mass is 619 g/mol. The lowest BCUT2D eigenvalue weighted by Crippen LogP contribution is -2.56. The molecule has 5 rings (SSSR count). The molecule has 37 heavy (non-hydrogen) atoms. The van der Waals surface area contributed by atoms with Crippen LogP contribution in [0.15, 0.2) is 24.7 Å². The van der Waals surface area contributed by atoms with Gasteiger partial charge in [-0.3, -0.25) is 9.59 Å². The number of pyridine rings is 1. The Hall–Kier alpha value is -2.80. The maximum absolute atomic E-state index is 15.7. The van der Waals surface area contributed by atoms with Gasteiger partial charge in [0.15, 0.2) is 5.82 Å². The highest BCUT2D eigenvalue weighted by atomic mass is 127. The maximum Gasteiger partial charge on any atom is 0.256 e. The third-order valence-corrected chi connectivity index (χ3v) is 7.78. The van der Waals surface area contributed by atoms with Crippen molar-refractivity contribution in [2.45, 2.75) is 26.2 Å². The summed E-state index contributed by atoms with van der Waals surface area (Å²) in [6.45, 7) is 6.13. The summed E-state index contributed by atoms with van der Waals surface area (Å²) in [5, 5.41) is 6.06. The minimum atomic E-state index is -0.603. The quantitative estimate of drug-likeness (QED) is 0.394. The molecule has 2 N–H and O–H groups in total. The number of aromatic nitrogens is 3. The predicted octanol–water partition coefficient (Wildman–Crippen LogP) is 3.44. The third-order valence-electron chi connectivity index (χ3n) is 7.19. The zero-order valence-corrected chi connectivity index (χ0v) is 23.2. The number of carbonyl (C=O) groups is 2. The van der Waals surface area contributed by atoms with Gasteiger partial charge in [-0.2, -0.15) is 0 Å². The lowest BCUT2D eigenvalue weighted by Gasteiger charge is -2.38. The minimum absolute atomic E-state index is 0.0358. The van der Waals surface area contributed by atoms with Gasteiger partial charge in [0.2, 0.25) is 5.91 Å². The highest BCUT2D eigenvalue weighted by molar-refractivity contribution is 14.1. The van der Waals surface area contributed by atoms with E-state index in [4.69, 9.17) is 0 Å². The van der Waals surface area contributed by atoms with E-state index in [-0.39, 0.29) is 34.5 Å². The number of fused-ring (bicyclic) bond motifs is 1. The second kappa shape index (κ2) is 10.9. The second-order valence-corrected chi connectivity index (χ2v) is 11.1. The fraction of sp³-hybridized carbons (Fsp3) is 0.462. The smallest absolute Gasteiger partial charge is 0.256 e. The lowest BCUT2D eigenvalue weighted by atomic mass is 9.97. The Kier molecular flexibility index (Phi) is 7.61. The van der Waals surface area contributed by atoms with Crippen molar-refractivity contribution in [3.8, 4) is 0 Å². The molecule has 0 bridgehead atoms. The van der Waals surface area contributed by atoms with Gasteiger partial charge in [0, 0.05) is 43.0 Å². The molecular formula is C26H31FIN7O2. The van der Waals surface area contributed by atoms with Gasteiger partial charge in [-0.1, -0.05) is 6.42 Å². The molecule has 0 unspecified atom stereocenters. The maximum atomic E-state index is 15.7. The summed E-state index contributed by atoms with van der Waals surface area (Å²) in [4.78, 5) is 38.7. The van der Waals surface area contributed by atoms with E-state index in [1.54, 1.807) is 28.8 Å². The Morgan fingerprint density at radius 3 is 2.65 bits per heavy atom. The molecule has 0 aliphatic carbocycles. The number of hydrogen-bond donors (Lipinski definition) is 2. The van der Waals surface area contributed by atoms with Crippen molar-refractivity contribution in [1.29, 1.82) is 0 Å². The van der Waals surface area contributed by atoms with Gasteiger partial charge in [-0.15, -0.1) is 0 Å². The first kappa shape index (κ1) is 25.8. The number of nitrogens with one attached hydrogen (secondary N) is 2. The number of benzene rings is 1. The van der Waals surface area contributed by atoms with Crippen LogP contribution in [0.1, 0.15) is 35.2 Å². The first-order valence-corrected chi connectivity index (χ1v) is 13.7. The molecule has 2 aliphatic heterocycles. The van der Waals surface area contributed by atoms with Crippen LogP contribution in [0.2, 0.25) is 0 Å². The fourth-order valence-electron chi connectivity index (χ4n) is 4.95. The number of amides is 2. The minimum Gasteiger partial charge on any atom is -0.354 e. The molecule has 2 aromatic heterocycles. The SMILES string of the molecule is Cc1cc(I)cnc1Nc1c(C(=O)N2CC(C(=O)NCCN3CCCCC3)C2)cc2c(ncn2C)c1F. The van der Waals surface area contributed by atoms with Gasteiger partial charge in [0.25, 0.3) is 5.91 Å². The van der Waals surface area contributed by atoms with E-state index >= 15 is 4.39 Å². The van der Waals surface area contributed by atoms with Crippen molar-refractivity contribution in [3.05, 3.63) is 45.2 Å². The molecule has 196 valence electrons. The van der Waals surface area contributed by atoms with E-state index in [1.807, 2.05) is 13.0 Å². The number of piperidine rings is 1. The molecule has 0 spiro atoms. The van der Waals surface area contributed by atoms with E-state index < -0.39 is 5.82 Å². The summed E-state index contributed by atoms with van der Waals surface area (Å²) >= 11 is 2.17. The van der Waals surface area contributed by atoms with Crippen LogP contribution in [0.4, 0.5) is 15.9 Å². The number of hydrogen-bond acceptors (Lipinski definition) is 6. The van der Waals surface area contributed by atoms with Crippen molar-refractivity contribution >= 4 is 56.9 Å². The Morgan fingerprint density at radius 2 is 1.92 bits per heavy atom. The summed E-state index contributed by atoms with van der Waals surface area (Å²) in [7, 11) is 1.76. The van der Waals surface area contributed by atoms with Crippen LogP contribution >= 0.6 is 22.6 Å². The van der Waals surface area contributed by atoms with Gasteiger partial charge in [0.1, 0.15) is 11.3 Å². The van der Waals surface area contributed by atoms with Gasteiger partial charge in [0.05, 0.1) is 29.0 Å². The predicted molar refractivity (Wildman–Crippen MR) is 148 cm³/mol. The number of carbonyl (C=O) groups excluding carboxylic acids is 2. The topological polar surface area (TPSA) is 95.4 Å². The fourth-order valence-corrected chi connectivity index (χ4v) is 5.56. The van der Waals surface area contributed by atoms with Crippen molar-refractivity contribution in [1.82, 2.24) is 29.7 Å². The van der Waals surface area contributed by atoms with E-state index in [1.165, 1.54) is 25.6 Å². The van der Waals surface area contributed by atoms with Crippen LogP contribution in [0.3, 0.4) is 0 Å². The van der Waals surface area contributed by atoms with Crippen LogP contribution in [0.5, 0.6) is 0 Å². The summed E-state index contributed by atoms with van der Waals surface area (Å²) < 4.78 is 18.3. The Morgan fingerprint density at radius 1 is 1.16 bits per heavy atom. The average molecular weight is 619 g/mol. The Labute approximate surface area is 228 Å². The highest BCUT2D eigenvalue weighted by Crippen LogP contribution is 2.33. The van der Waals surface area contributed by atoms with Crippen molar-refractivity contribution in [2.24, 2.45) is 13.0 Å². The molecule has 0 radical (unpaired) electrons. The standard InChI is InChI=1S/C26H31FIN7O2/c1-16-10-18(28)12-30-24(16)32-22-19(11-20-23(21(22)27)31-15-33(20)2)26(37)35-13-17(14-35)25(36)29-6-9-34-7-4-3-5-8-34/h10-12,15,17H,3-9,13-14H2,1-2H3,(H,29,36)(H,30,32). The van der Waals surface area contributed by atoms with E-state index in [9.17, 15) is 9.59 Å². The summed E-state index contributed by atoms with van der Waals surface area (Å²) in [5.41, 5.74) is 1.77. The molecule has 0 saturated carbocycles. The van der Waals surface area contributed by atoms with Gasteiger partial charge < -0.3 is 25.0 Å². The molecule has 3 aromatic rings. The molecule has 2 aliphatic rings. The molecule has 2 fully saturated rings. The van der Waals surface area contributed by atoms with Crippen LogP contribution < -0.4 is 10.6 Å². The van der Waals surface area contributed by atoms with E-state index in [0.29, 0.717) is 31.0 Å². The average Bonchev–Trinajstić information content (AvgIpc) is 3.22. The van der Waals surface area contributed by atoms with E-state index in [2.05, 4.69) is 48.1 Å². The van der Waals surface area contributed by atoms with Gasteiger partial charge in [-0.25, -0.2) is 14.4 Å². The summed E-state index contributed by atoms with van der Waals surface area (Å²) in [6.07, 6.45) is 6.92. The number of rotatable bonds is 7. The lowest BCUT2D eigenvalue weighted by molar-refractivity contribution is -0.129. The number of anilines is 2. The van der Waals surface area contributed by atoms with E-state index in [0.717, 1.165) is 28.8 Å². The highest BCUT2D eigenvalue weighted by Gasteiger charge is 2.37. The molecule has 11 heteroatoms. The summed E-state index contributed by atoms with van der Waals surface area (Å²) in [6, 6.07) is 3.59. The van der Waals surface area contributed by atoms with Crippen LogP contribution in [-0.2, 0) is 11.8 Å². The molecule has 1 aromatic carbocycles. The van der Waals surface area contributed by atoms with Gasteiger partial charge >= 0.3 is 0 Å². The number of imidazole rings is 1. The largest absolute Gasteiger partial charge is 0.354 e. The van der Waals surface area contributed by atoms with Crippen molar-refractivity contribution in [2.75, 3.05) is 44.6 Å². The number of aryl methyl sites for hydroxylation is 2. The molecule has 4 heterocycles. The molecule has 2 amide bonds. The van der Waals surface area contributed by atoms with Gasteiger partial charge in [-0.05, 0) is 73.1 Å². The normalized spacial score (nSPS) is 16.6. The van der Waals surface area contributed by atoms with Crippen LogP contribution in [0.25, 0.3) is 11.0 Å². The molecular weight excluding hydrogens is 588 g/mol. The molecule has 0 atom stereocenters. The van der Waals surface area contributed by atoms with Crippen LogP contribution in [0, 0.1) is 22.2 Å². The molecule has 2 saturated heterocycles. The Balaban J connectivity index is 1.30. The third kappa shape index (κ3) is 5.42. The first-order valence-electron chi connectivity index (χ1n) is 12.6. The van der Waals surface area contributed by atoms with Crippen LogP contribution in [-0.4, -0.2) is 75.4 Å². The second-order valence-electron chi connectivity index (χ2n) is 9.88. The Bertz CT molecular complexity index is 1330. The van der Waals surface area contributed by atoms with Crippen molar-refractivity contribution in [3.63, 3.8) is 0 Å². The zero-order valence-electron chi connectivity index (χ0n) is 21.1. The molecule has 9 nitrogen and oxygen atoms in total. The zero-order chi connectivity index (χ0) is 26.1. The first-order chi connectivity index (χ1) is 17.8. The number of likely N-dealkylation sites (tertiary alicyclic amines) is 2. The number of nitrogens with zero attached hydrogens (tertiary/aromatic N) is 5. The summed E-state index contributed by atoms with van der Waals surface area (Å²) in [5.74, 6) is -0.754. The van der Waals surface area contributed by atoms with Crippen molar-refractivity contribution < 1.29 is 14.0 Å².